The third-order valence-electron chi connectivity index (χ3n) is 2.77. The highest BCUT2D eigenvalue weighted by Gasteiger charge is 2.04. The van der Waals surface area contributed by atoms with Crippen molar-refractivity contribution in [2.75, 3.05) is 5.75 Å². The van der Waals surface area contributed by atoms with E-state index < -0.39 is 5.82 Å². The van der Waals surface area contributed by atoms with E-state index in [4.69, 9.17) is 23.2 Å². The molecule has 0 heterocycles. The fourth-order valence-corrected chi connectivity index (χ4v) is 2.92. The minimum atomic E-state index is -0.495. The Morgan fingerprint density at radius 1 is 1.26 bits per heavy atom. The number of thioether (sulfide) groups is 1. The molecule has 2 aromatic carbocycles. The smallest absolute Gasteiger partial charge is 0.250 e. The molecule has 0 aromatic heterocycles. The van der Waals surface area contributed by atoms with Gasteiger partial charge in [0.25, 0.3) is 0 Å². The van der Waals surface area contributed by atoms with Gasteiger partial charge in [0.05, 0.1) is 17.0 Å². The summed E-state index contributed by atoms with van der Waals surface area (Å²) in [4.78, 5) is 11.7. The molecule has 0 aliphatic rings. The van der Waals surface area contributed by atoms with Gasteiger partial charge in [0, 0.05) is 16.3 Å². The highest BCUT2D eigenvalue weighted by atomic mass is 35.5. The number of nitrogens with zero attached hydrogens (tertiary/aromatic N) is 1. The Labute approximate surface area is 147 Å². The van der Waals surface area contributed by atoms with E-state index in [-0.39, 0.29) is 22.2 Å². The predicted octanol–water partition coefficient (Wildman–Crippen LogP) is 4.52. The molecule has 0 aliphatic carbocycles. The number of carbonyl (C=O) groups is 1. The maximum absolute atomic E-state index is 13.5. The Morgan fingerprint density at radius 2 is 2.04 bits per heavy atom. The molecule has 0 unspecified atom stereocenters. The lowest BCUT2D eigenvalue weighted by Crippen LogP contribution is -2.19. The van der Waals surface area contributed by atoms with Crippen LogP contribution >= 0.6 is 35.0 Å². The fraction of sp³-hybridized carbons (Fsp3) is 0.125. The largest absolute Gasteiger partial charge is 0.272 e. The monoisotopic (exact) mass is 370 g/mol. The quantitative estimate of drug-likeness (QED) is 0.599. The highest BCUT2D eigenvalue weighted by Crippen LogP contribution is 2.17. The van der Waals surface area contributed by atoms with Crippen molar-refractivity contribution < 1.29 is 9.18 Å². The minimum Gasteiger partial charge on any atom is -0.272 e. The van der Waals surface area contributed by atoms with Crippen LogP contribution < -0.4 is 5.43 Å². The van der Waals surface area contributed by atoms with E-state index in [1.54, 1.807) is 12.1 Å². The van der Waals surface area contributed by atoms with Gasteiger partial charge in [-0.25, -0.2) is 9.82 Å². The van der Waals surface area contributed by atoms with Crippen LogP contribution in [0.5, 0.6) is 0 Å². The van der Waals surface area contributed by atoms with Crippen molar-refractivity contribution in [3.05, 3.63) is 69.5 Å². The summed E-state index contributed by atoms with van der Waals surface area (Å²) < 4.78 is 13.5. The lowest BCUT2D eigenvalue weighted by atomic mass is 10.2. The van der Waals surface area contributed by atoms with Crippen molar-refractivity contribution in [1.82, 2.24) is 5.43 Å². The molecule has 0 atom stereocenters. The van der Waals surface area contributed by atoms with Crippen LogP contribution in [0.4, 0.5) is 4.39 Å². The zero-order valence-electron chi connectivity index (χ0n) is 11.9. The summed E-state index contributed by atoms with van der Waals surface area (Å²) in [6.45, 7) is 0. The first kappa shape index (κ1) is 17.8. The summed E-state index contributed by atoms with van der Waals surface area (Å²) in [6, 6.07) is 11.8. The molecule has 1 amide bonds. The lowest BCUT2D eigenvalue weighted by molar-refractivity contribution is -0.118. The summed E-state index contributed by atoms with van der Waals surface area (Å²) in [5.74, 6) is 0.123. The molecule has 0 bridgehead atoms. The average molecular weight is 371 g/mol. The molecule has 7 heteroatoms. The van der Waals surface area contributed by atoms with E-state index in [1.165, 1.54) is 30.1 Å². The van der Waals surface area contributed by atoms with Crippen LogP contribution in [0.2, 0.25) is 10.0 Å². The molecule has 1 N–H and O–H groups in total. The van der Waals surface area contributed by atoms with Gasteiger partial charge in [-0.1, -0.05) is 41.4 Å². The number of benzene rings is 2. The van der Waals surface area contributed by atoms with E-state index in [1.807, 2.05) is 18.2 Å². The van der Waals surface area contributed by atoms with Gasteiger partial charge in [0.2, 0.25) is 5.91 Å². The first-order valence-electron chi connectivity index (χ1n) is 6.64. The fourth-order valence-electron chi connectivity index (χ4n) is 1.72. The topological polar surface area (TPSA) is 41.5 Å². The molecule has 2 aromatic rings. The van der Waals surface area contributed by atoms with Crippen LogP contribution in [0.15, 0.2) is 47.6 Å². The molecular weight excluding hydrogens is 358 g/mol. The standard InChI is InChI=1S/C16H13Cl2FN2OS/c17-12-4-1-3-11(7-12)9-23-10-16(22)21-20-8-13-14(18)5-2-6-15(13)19/h1-8H,9-10H2,(H,21,22)/b20-8+. The average Bonchev–Trinajstić information content (AvgIpc) is 2.50. The second-order valence-corrected chi connectivity index (χ2v) is 6.38. The zero-order valence-corrected chi connectivity index (χ0v) is 14.3. The minimum absolute atomic E-state index is 0.140. The van der Waals surface area contributed by atoms with Gasteiger partial charge in [-0.05, 0) is 29.8 Å². The highest BCUT2D eigenvalue weighted by molar-refractivity contribution is 7.99. The number of hydrogen-bond donors (Lipinski definition) is 1. The summed E-state index contributed by atoms with van der Waals surface area (Å²) >= 11 is 13.2. The number of rotatable bonds is 6. The van der Waals surface area contributed by atoms with Crippen molar-refractivity contribution in [3.63, 3.8) is 0 Å². The maximum Gasteiger partial charge on any atom is 0.250 e. The van der Waals surface area contributed by atoms with Crippen molar-refractivity contribution in [2.24, 2.45) is 5.10 Å². The summed E-state index contributed by atoms with van der Waals surface area (Å²) in [6.07, 6.45) is 1.19. The van der Waals surface area contributed by atoms with E-state index in [9.17, 15) is 9.18 Å². The van der Waals surface area contributed by atoms with Gasteiger partial charge in [0.15, 0.2) is 0 Å². The maximum atomic E-state index is 13.5. The number of hydrogen-bond acceptors (Lipinski definition) is 3. The zero-order chi connectivity index (χ0) is 16.7. The molecule has 0 saturated heterocycles. The molecule has 0 radical (unpaired) electrons. The van der Waals surface area contributed by atoms with Gasteiger partial charge in [-0.2, -0.15) is 5.10 Å². The molecule has 0 spiro atoms. The van der Waals surface area contributed by atoms with Crippen LogP contribution in [0.3, 0.4) is 0 Å². The van der Waals surface area contributed by atoms with Gasteiger partial charge >= 0.3 is 0 Å². The van der Waals surface area contributed by atoms with E-state index in [0.29, 0.717) is 10.8 Å². The van der Waals surface area contributed by atoms with Crippen LogP contribution in [0.25, 0.3) is 0 Å². The van der Waals surface area contributed by atoms with Gasteiger partial charge in [0.1, 0.15) is 5.82 Å². The Balaban J connectivity index is 1.78. The lowest BCUT2D eigenvalue weighted by Gasteiger charge is -2.02. The van der Waals surface area contributed by atoms with E-state index in [0.717, 1.165) is 5.56 Å². The summed E-state index contributed by atoms with van der Waals surface area (Å²) in [5, 5.41) is 4.62. The van der Waals surface area contributed by atoms with Crippen LogP contribution in [-0.4, -0.2) is 17.9 Å². The van der Waals surface area contributed by atoms with Crippen molar-refractivity contribution in [2.45, 2.75) is 5.75 Å². The second kappa shape index (κ2) is 8.91. The molecular formula is C16H13Cl2FN2OS. The Hall–Kier alpha value is -1.56. The molecule has 2 rings (SSSR count). The van der Waals surface area contributed by atoms with Gasteiger partial charge in [-0.15, -0.1) is 11.8 Å². The predicted molar refractivity (Wildman–Crippen MR) is 94.8 cm³/mol. The Kier molecular flexibility index (Phi) is 6.89. The number of carbonyl (C=O) groups excluding carboxylic acids is 1. The molecule has 0 saturated carbocycles. The van der Waals surface area contributed by atoms with Crippen molar-refractivity contribution in [3.8, 4) is 0 Å². The first-order chi connectivity index (χ1) is 11.1. The molecule has 3 nitrogen and oxygen atoms in total. The molecule has 120 valence electrons. The SMILES string of the molecule is O=C(CSCc1cccc(Cl)c1)N/N=C/c1c(F)cccc1Cl. The third-order valence-corrected chi connectivity index (χ3v) is 4.34. The van der Waals surface area contributed by atoms with Gasteiger partial charge < -0.3 is 0 Å². The molecule has 0 fully saturated rings. The van der Waals surface area contributed by atoms with E-state index in [2.05, 4.69) is 10.5 Å². The molecule has 23 heavy (non-hydrogen) atoms. The summed E-state index contributed by atoms with van der Waals surface area (Å²) in [5.41, 5.74) is 3.52. The number of nitrogens with one attached hydrogen (secondary N) is 1. The second-order valence-electron chi connectivity index (χ2n) is 4.55. The van der Waals surface area contributed by atoms with Crippen molar-refractivity contribution in [1.29, 1.82) is 0 Å². The number of amides is 1. The van der Waals surface area contributed by atoms with Crippen LogP contribution in [0, 0.1) is 5.82 Å². The summed E-state index contributed by atoms with van der Waals surface area (Å²) in [7, 11) is 0. The van der Waals surface area contributed by atoms with Crippen molar-refractivity contribution >= 4 is 47.1 Å². The first-order valence-corrected chi connectivity index (χ1v) is 8.55. The number of hydrazone groups is 1. The Bertz CT molecular complexity index is 705. The molecule has 0 aliphatic heterocycles. The normalized spacial score (nSPS) is 10.9. The van der Waals surface area contributed by atoms with Gasteiger partial charge in [-0.3, -0.25) is 4.79 Å². The van der Waals surface area contributed by atoms with Crippen LogP contribution in [-0.2, 0) is 10.5 Å². The Morgan fingerprint density at radius 3 is 2.78 bits per heavy atom. The third kappa shape index (κ3) is 5.86. The van der Waals surface area contributed by atoms with Crippen LogP contribution in [0.1, 0.15) is 11.1 Å². The van der Waals surface area contributed by atoms with E-state index >= 15 is 0 Å². The number of halogens is 3.